The van der Waals surface area contributed by atoms with Gasteiger partial charge in [0.25, 0.3) is 0 Å². The van der Waals surface area contributed by atoms with Crippen LogP contribution in [0.1, 0.15) is 5.56 Å². The van der Waals surface area contributed by atoms with Crippen molar-refractivity contribution in [3.05, 3.63) is 35.9 Å². The molecule has 0 atom stereocenters. The predicted octanol–water partition coefficient (Wildman–Crippen LogP) is -0.788. The molecule has 2 aliphatic heterocycles. The van der Waals surface area contributed by atoms with Crippen molar-refractivity contribution in [1.82, 2.24) is 26.8 Å². The molecule has 0 bridgehead atoms. The van der Waals surface area contributed by atoms with Gasteiger partial charge in [0.05, 0.1) is 20.4 Å². The summed E-state index contributed by atoms with van der Waals surface area (Å²) in [5, 5.41) is 12.1. The number of hydrogen-bond donors (Lipinski definition) is 6. The molecule has 3 aromatic rings. The maximum atomic E-state index is 13.2. The number of amidine groups is 1. The van der Waals surface area contributed by atoms with Crippen molar-refractivity contribution in [3.63, 3.8) is 0 Å². The summed E-state index contributed by atoms with van der Waals surface area (Å²) < 4.78 is 52.9. The van der Waals surface area contributed by atoms with E-state index in [2.05, 4.69) is 31.9 Å². The molecule has 32 heavy (non-hydrogen) atoms. The number of rotatable bonds is 5. The number of nitrogens with two attached hydrogens (primary N) is 2. The number of aromatic nitrogens is 1. The van der Waals surface area contributed by atoms with Gasteiger partial charge in [0.15, 0.2) is 20.8 Å². The molecule has 0 spiro atoms. The fourth-order valence-electron chi connectivity index (χ4n) is 3.69. The van der Waals surface area contributed by atoms with Gasteiger partial charge in [-0.05, 0) is 17.7 Å². The van der Waals surface area contributed by atoms with Gasteiger partial charge in [-0.2, -0.15) is 0 Å². The number of benzene rings is 2. The molecule has 1 saturated heterocycles. The van der Waals surface area contributed by atoms with Gasteiger partial charge in [-0.1, -0.05) is 29.5 Å². The van der Waals surface area contributed by atoms with E-state index in [1.807, 2.05) is 6.07 Å². The third kappa shape index (κ3) is 3.30. The average Bonchev–Trinajstić information content (AvgIpc) is 3.32. The maximum absolute atomic E-state index is 13.2. The Hall–Kier alpha value is -2.82. The number of thiazole rings is 1. The third-order valence-electron chi connectivity index (χ3n) is 5.26. The van der Waals surface area contributed by atoms with Crippen LogP contribution >= 0.6 is 11.3 Å². The van der Waals surface area contributed by atoms with E-state index in [0.717, 1.165) is 4.70 Å². The average molecular weight is 495 g/mol. The van der Waals surface area contributed by atoms with Crippen LogP contribution in [0.2, 0.25) is 0 Å². The summed E-state index contributed by atoms with van der Waals surface area (Å²) in [6.07, 6.45) is 0. The van der Waals surface area contributed by atoms with Gasteiger partial charge >= 0.3 is 0 Å². The molecule has 2 aliphatic rings. The van der Waals surface area contributed by atoms with Crippen molar-refractivity contribution in [1.29, 1.82) is 0 Å². The molecule has 12 nitrogen and oxygen atoms in total. The van der Waals surface area contributed by atoms with E-state index < -0.39 is 30.0 Å². The van der Waals surface area contributed by atoms with Crippen LogP contribution in [0, 0.1) is 0 Å². The summed E-state index contributed by atoms with van der Waals surface area (Å²) in [6.45, 7) is 0.451. The van der Waals surface area contributed by atoms with Crippen LogP contribution in [0.5, 0.6) is 0 Å². The van der Waals surface area contributed by atoms with Crippen LogP contribution in [0.25, 0.3) is 21.3 Å². The molecule has 8 N–H and O–H groups in total. The standard InChI is InChI=1S/C17H18N8O4S3/c18-17-21-14-10(2-1-3-11(14)30-17)9-4-5-12(31(26,27)8-6-20-7-8)15(32(19,28)29)13(9)16-22-24-25-23-16/h1-5,8,20,24-25H,6-7H2,(H2,18,21)(H,22,23)(H2,19,28,29). The first-order valence-corrected chi connectivity index (χ1v) is 13.2. The monoisotopic (exact) mass is 494 g/mol. The van der Waals surface area contributed by atoms with Gasteiger partial charge in [0.1, 0.15) is 4.90 Å². The van der Waals surface area contributed by atoms with Gasteiger partial charge in [-0.15, -0.1) is 10.6 Å². The quantitative estimate of drug-likeness (QED) is 0.262. The van der Waals surface area contributed by atoms with E-state index in [-0.39, 0.29) is 29.4 Å². The first-order valence-electron chi connectivity index (χ1n) is 9.32. The van der Waals surface area contributed by atoms with E-state index in [9.17, 15) is 16.8 Å². The summed E-state index contributed by atoms with van der Waals surface area (Å²) in [4.78, 5) is 3.47. The van der Waals surface area contributed by atoms with Crippen LogP contribution in [0.15, 0.2) is 45.2 Å². The number of nitrogens with one attached hydrogen (secondary N) is 4. The number of sulfone groups is 1. The highest BCUT2D eigenvalue weighted by Crippen LogP contribution is 2.39. The fourth-order valence-corrected chi connectivity index (χ4v) is 7.64. The van der Waals surface area contributed by atoms with Gasteiger partial charge in [-0.25, -0.2) is 32.5 Å². The number of hydrogen-bond acceptors (Lipinski definition) is 12. The fraction of sp³-hybridized carbons (Fsp3) is 0.176. The molecule has 15 heteroatoms. The zero-order valence-corrected chi connectivity index (χ0v) is 18.7. The Labute approximate surface area is 187 Å². The molecule has 0 amide bonds. The zero-order valence-electron chi connectivity index (χ0n) is 16.3. The lowest BCUT2D eigenvalue weighted by Crippen LogP contribution is -2.51. The Morgan fingerprint density at radius 3 is 2.47 bits per heavy atom. The second-order valence-electron chi connectivity index (χ2n) is 7.21. The van der Waals surface area contributed by atoms with Crippen molar-refractivity contribution in [2.75, 3.05) is 18.8 Å². The lowest BCUT2D eigenvalue weighted by atomic mass is 9.98. The largest absolute Gasteiger partial charge is 0.375 e. The topological polar surface area (TPSA) is 194 Å². The Morgan fingerprint density at radius 2 is 1.84 bits per heavy atom. The second-order valence-corrected chi connectivity index (χ2v) is 12.0. The highest BCUT2D eigenvalue weighted by molar-refractivity contribution is 7.94. The smallest absolute Gasteiger partial charge is 0.240 e. The summed E-state index contributed by atoms with van der Waals surface area (Å²) in [5.41, 5.74) is 15.1. The molecule has 0 aliphatic carbocycles. The molecule has 1 fully saturated rings. The summed E-state index contributed by atoms with van der Waals surface area (Å²) in [6, 6.07) is 8.17. The minimum absolute atomic E-state index is 0.0115. The van der Waals surface area contributed by atoms with E-state index in [0.29, 0.717) is 21.8 Å². The minimum Gasteiger partial charge on any atom is -0.375 e. The Kier molecular flexibility index (Phi) is 4.84. The van der Waals surface area contributed by atoms with Crippen LogP contribution in [-0.4, -0.2) is 46.0 Å². The van der Waals surface area contributed by atoms with E-state index in [1.54, 1.807) is 12.1 Å². The van der Waals surface area contributed by atoms with Crippen molar-refractivity contribution in [3.8, 4) is 11.1 Å². The predicted molar refractivity (Wildman–Crippen MR) is 121 cm³/mol. The lowest BCUT2D eigenvalue weighted by Gasteiger charge is -2.28. The number of para-hydroxylation sites is 1. The molecule has 0 saturated carbocycles. The Bertz CT molecular complexity index is 1490. The number of hydrazine groups is 2. The number of nitrogens with zero attached hydrogens (tertiary/aromatic N) is 2. The Morgan fingerprint density at radius 1 is 1.06 bits per heavy atom. The van der Waals surface area contributed by atoms with Crippen LogP contribution in [0.3, 0.4) is 0 Å². The number of nitrogen functional groups attached to an aromatic ring is 1. The molecule has 2 aromatic carbocycles. The first kappa shape index (κ1) is 21.0. The molecule has 0 unspecified atom stereocenters. The molecular weight excluding hydrogens is 476 g/mol. The normalized spacial score (nSPS) is 17.0. The first-order chi connectivity index (χ1) is 15.2. The molecule has 5 rings (SSSR count). The summed E-state index contributed by atoms with van der Waals surface area (Å²) in [5.74, 6) is 0.0630. The minimum atomic E-state index is -4.50. The van der Waals surface area contributed by atoms with E-state index >= 15 is 0 Å². The van der Waals surface area contributed by atoms with Gasteiger partial charge < -0.3 is 11.1 Å². The van der Waals surface area contributed by atoms with Gasteiger partial charge in [0.2, 0.25) is 10.0 Å². The lowest BCUT2D eigenvalue weighted by molar-refractivity contribution is 0.493. The van der Waals surface area contributed by atoms with Crippen molar-refractivity contribution >= 4 is 52.4 Å². The maximum Gasteiger partial charge on any atom is 0.240 e. The van der Waals surface area contributed by atoms with Gasteiger partial charge in [-0.3, -0.25) is 5.43 Å². The van der Waals surface area contributed by atoms with Crippen LogP contribution in [-0.2, 0) is 19.9 Å². The summed E-state index contributed by atoms with van der Waals surface area (Å²) in [7, 11) is -8.48. The van der Waals surface area contributed by atoms with Crippen molar-refractivity contribution < 1.29 is 16.8 Å². The number of sulfonamides is 1. The van der Waals surface area contributed by atoms with E-state index in [1.165, 1.54) is 23.5 Å². The third-order valence-corrected chi connectivity index (χ3v) is 9.40. The zero-order chi connectivity index (χ0) is 22.7. The van der Waals surface area contributed by atoms with Crippen molar-refractivity contribution in [2.24, 2.45) is 10.2 Å². The molecule has 168 valence electrons. The second kappa shape index (κ2) is 7.36. The number of anilines is 1. The SMILES string of the molecule is Nc1nc2c(-c3ccc(S(=O)(=O)C4CNC4)c(S(N)(=O)=O)c3C3=NNNN3)cccc2s1. The molecular formula is C17H18N8O4S3. The molecule has 0 radical (unpaired) electrons. The number of fused-ring (bicyclic) bond motifs is 1. The van der Waals surface area contributed by atoms with Crippen molar-refractivity contribution in [2.45, 2.75) is 15.0 Å². The number of hydrazone groups is 1. The molecule has 3 heterocycles. The van der Waals surface area contributed by atoms with Crippen LogP contribution < -0.4 is 32.7 Å². The highest BCUT2D eigenvalue weighted by atomic mass is 32.2. The number of primary sulfonamides is 1. The highest BCUT2D eigenvalue weighted by Gasteiger charge is 2.39. The van der Waals surface area contributed by atoms with E-state index in [4.69, 9.17) is 10.9 Å². The van der Waals surface area contributed by atoms with Gasteiger partial charge in [0, 0.05) is 24.2 Å². The summed E-state index contributed by atoms with van der Waals surface area (Å²) >= 11 is 1.28. The molecule has 1 aromatic heterocycles. The Balaban J connectivity index is 1.88. The van der Waals surface area contributed by atoms with Crippen LogP contribution in [0.4, 0.5) is 5.13 Å².